The highest BCUT2D eigenvalue weighted by Crippen LogP contribution is 2.37. The van der Waals surface area contributed by atoms with E-state index in [0.29, 0.717) is 0 Å². The number of imidazole rings is 1. The molecule has 1 aromatic heterocycles. The molecular formula is C12H9F3N2O3. The van der Waals surface area contributed by atoms with Crippen molar-refractivity contribution in [2.75, 3.05) is 0 Å². The number of nitrogens with zero attached hydrogens (tertiary/aromatic N) is 2. The molecule has 1 N–H and O–H groups in total. The third-order valence-corrected chi connectivity index (χ3v) is 2.45. The van der Waals surface area contributed by atoms with Crippen LogP contribution in [0.4, 0.5) is 13.2 Å². The maximum Gasteiger partial charge on any atom is 0.419 e. The molecule has 0 saturated heterocycles. The zero-order chi connectivity index (χ0) is 14.9. The van der Waals surface area contributed by atoms with Crippen LogP contribution < -0.4 is 4.74 Å². The number of aromatic carboxylic acids is 1. The summed E-state index contributed by atoms with van der Waals surface area (Å²) in [5.74, 6) is -1.73. The Morgan fingerprint density at radius 2 is 2.00 bits per heavy atom. The molecule has 0 aliphatic rings. The standard InChI is InChI=1S/C12H9F3N2O3/c1-17-6-8(10(18)19)16-11(17)20-9-5-3-2-4-7(9)12(13,14)15/h2-6H,1H3,(H,18,19). The molecule has 0 atom stereocenters. The molecule has 0 aliphatic heterocycles. The van der Waals surface area contributed by atoms with E-state index < -0.39 is 23.5 Å². The molecule has 5 nitrogen and oxygen atoms in total. The topological polar surface area (TPSA) is 64.4 Å². The SMILES string of the molecule is Cn1cc(C(=O)O)nc1Oc1ccccc1C(F)(F)F. The van der Waals surface area contributed by atoms with Crippen LogP contribution in [0.15, 0.2) is 30.5 Å². The summed E-state index contributed by atoms with van der Waals surface area (Å²) in [6.45, 7) is 0. The number of ether oxygens (including phenoxy) is 1. The Morgan fingerprint density at radius 1 is 1.35 bits per heavy atom. The molecule has 2 rings (SSSR count). The number of halogens is 3. The van der Waals surface area contributed by atoms with Gasteiger partial charge in [0.25, 0.3) is 0 Å². The van der Waals surface area contributed by atoms with Crippen LogP contribution in [0.5, 0.6) is 11.8 Å². The molecule has 106 valence electrons. The Labute approximate surface area is 111 Å². The number of alkyl halides is 3. The number of aryl methyl sites for hydroxylation is 1. The molecule has 0 saturated carbocycles. The fourth-order valence-corrected chi connectivity index (χ4v) is 1.54. The largest absolute Gasteiger partial charge is 0.476 e. The van der Waals surface area contributed by atoms with Gasteiger partial charge < -0.3 is 14.4 Å². The number of benzene rings is 1. The van der Waals surface area contributed by atoms with Gasteiger partial charge in [-0.05, 0) is 12.1 Å². The predicted molar refractivity (Wildman–Crippen MR) is 61.7 cm³/mol. The van der Waals surface area contributed by atoms with Crippen molar-refractivity contribution < 1.29 is 27.8 Å². The first kappa shape index (κ1) is 13.9. The van der Waals surface area contributed by atoms with Crippen LogP contribution in [0.25, 0.3) is 0 Å². The highest BCUT2D eigenvalue weighted by molar-refractivity contribution is 5.85. The van der Waals surface area contributed by atoms with Crippen LogP contribution in [-0.4, -0.2) is 20.6 Å². The highest BCUT2D eigenvalue weighted by atomic mass is 19.4. The normalized spacial score (nSPS) is 11.4. The van der Waals surface area contributed by atoms with E-state index in [1.165, 1.54) is 23.7 Å². The smallest absolute Gasteiger partial charge is 0.419 e. The van der Waals surface area contributed by atoms with E-state index in [1.54, 1.807) is 0 Å². The quantitative estimate of drug-likeness (QED) is 0.942. The summed E-state index contributed by atoms with van der Waals surface area (Å²) in [6, 6.07) is 4.38. The number of rotatable bonds is 3. The third-order valence-electron chi connectivity index (χ3n) is 2.45. The first-order chi connectivity index (χ1) is 9.29. The molecule has 0 spiro atoms. The van der Waals surface area contributed by atoms with E-state index >= 15 is 0 Å². The monoisotopic (exact) mass is 286 g/mol. The van der Waals surface area contributed by atoms with Crippen LogP contribution in [0.3, 0.4) is 0 Å². The van der Waals surface area contributed by atoms with Gasteiger partial charge in [0.15, 0.2) is 5.69 Å². The first-order valence-corrected chi connectivity index (χ1v) is 5.40. The van der Waals surface area contributed by atoms with E-state index in [2.05, 4.69) is 4.98 Å². The van der Waals surface area contributed by atoms with E-state index in [-0.39, 0.29) is 11.7 Å². The molecule has 1 aromatic carbocycles. The Hall–Kier alpha value is -2.51. The van der Waals surface area contributed by atoms with E-state index in [1.807, 2.05) is 0 Å². The molecule has 0 amide bonds. The number of carboxylic acid groups (broad SMARTS) is 1. The van der Waals surface area contributed by atoms with Crippen LogP contribution in [0.1, 0.15) is 16.1 Å². The highest BCUT2D eigenvalue weighted by Gasteiger charge is 2.34. The fourth-order valence-electron chi connectivity index (χ4n) is 1.54. The fraction of sp³-hybridized carbons (Fsp3) is 0.167. The molecule has 0 unspecified atom stereocenters. The molecule has 2 aromatic rings. The van der Waals surface area contributed by atoms with E-state index in [9.17, 15) is 18.0 Å². The van der Waals surface area contributed by atoms with Crippen LogP contribution in [0.2, 0.25) is 0 Å². The van der Waals surface area contributed by atoms with Crippen molar-refractivity contribution >= 4 is 5.97 Å². The van der Waals surface area contributed by atoms with E-state index in [0.717, 1.165) is 18.3 Å². The second-order valence-electron chi connectivity index (χ2n) is 3.92. The molecule has 20 heavy (non-hydrogen) atoms. The number of hydrogen-bond donors (Lipinski definition) is 1. The lowest BCUT2D eigenvalue weighted by Gasteiger charge is -2.12. The Balaban J connectivity index is 2.38. The molecule has 1 heterocycles. The lowest BCUT2D eigenvalue weighted by atomic mass is 10.2. The van der Waals surface area contributed by atoms with Gasteiger partial charge in [0, 0.05) is 13.2 Å². The third kappa shape index (κ3) is 2.73. The van der Waals surface area contributed by atoms with Gasteiger partial charge in [0.1, 0.15) is 5.75 Å². The van der Waals surface area contributed by atoms with Gasteiger partial charge in [-0.25, -0.2) is 4.79 Å². The summed E-state index contributed by atoms with van der Waals surface area (Å²) in [7, 11) is 1.42. The van der Waals surface area contributed by atoms with Crippen molar-refractivity contribution in [1.82, 2.24) is 9.55 Å². The van der Waals surface area contributed by atoms with Crippen LogP contribution in [-0.2, 0) is 13.2 Å². The summed E-state index contributed by atoms with van der Waals surface area (Å²) >= 11 is 0. The maximum absolute atomic E-state index is 12.8. The van der Waals surface area contributed by atoms with E-state index in [4.69, 9.17) is 9.84 Å². The van der Waals surface area contributed by atoms with Gasteiger partial charge in [-0.3, -0.25) is 0 Å². The minimum absolute atomic E-state index is 0.237. The number of aromatic nitrogens is 2. The first-order valence-electron chi connectivity index (χ1n) is 5.40. The number of hydrogen-bond acceptors (Lipinski definition) is 3. The molecular weight excluding hydrogens is 277 g/mol. The lowest BCUT2D eigenvalue weighted by Crippen LogP contribution is -2.07. The minimum Gasteiger partial charge on any atom is -0.476 e. The number of para-hydroxylation sites is 1. The van der Waals surface area contributed by atoms with Crippen molar-refractivity contribution in [2.45, 2.75) is 6.18 Å². The Kier molecular flexibility index (Phi) is 3.39. The van der Waals surface area contributed by atoms with Crippen molar-refractivity contribution in [3.05, 3.63) is 41.7 Å². The van der Waals surface area contributed by atoms with Crippen molar-refractivity contribution in [2.24, 2.45) is 7.05 Å². The van der Waals surface area contributed by atoms with Gasteiger partial charge in [0.05, 0.1) is 5.56 Å². The maximum atomic E-state index is 12.8. The zero-order valence-electron chi connectivity index (χ0n) is 10.2. The summed E-state index contributed by atoms with van der Waals surface area (Å²) in [5.41, 5.74) is -1.27. The van der Waals surface area contributed by atoms with Crippen LogP contribution >= 0.6 is 0 Å². The second-order valence-corrected chi connectivity index (χ2v) is 3.92. The van der Waals surface area contributed by atoms with Crippen molar-refractivity contribution in [3.8, 4) is 11.8 Å². The van der Waals surface area contributed by atoms with Crippen molar-refractivity contribution in [3.63, 3.8) is 0 Å². The summed E-state index contributed by atoms with van der Waals surface area (Å²) in [4.78, 5) is 14.3. The Bertz CT molecular complexity index is 650. The molecule has 0 bridgehead atoms. The molecule has 0 radical (unpaired) electrons. The molecule has 0 fully saturated rings. The zero-order valence-corrected chi connectivity index (χ0v) is 10.2. The summed E-state index contributed by atoms with van der Waals surface area (Å²) in [5, 5.41) is 8.76. The van der Waals surface area contributed by atoms with Crippen LogP contribution in [0, 0.1) is 0 Å². The summed E-state index contributed by atoms with van der Waals surface area (Å²) in [6.07, 6.45) is -3.43. The Morgan fingerprint density at radius 3 is 2.55 bits per heavy atom. The van der Waals surface area contributed by atoms with Crippen molar-refractivity contribution in [1.29, 1.82) is 0 Å². The van der Waals surface area contributed by atoms with Gasteiger partial charge in [-0.1, -0.05) is 12.1 Å². The molecule has 0 aliphatic carbocycles. The van der Waals surface area contributed by atoms with Gasteiger partial charge in [0.2, 0.25) is 0 Å². The summed E-state index contributed by atoms with van der Waals surface area (Å²) < 4.78 is 44.6. The predicted octanol–water partition coefficient (Wildman–Crippen LogP) is 2.93. The van der Waals surface area contributed by atoms with Gasteiger partial charge >= 0.3 is 18.2 Å². The average molecular weight is 286 g/mol. The minimum atomic E-state index is -4.57. The number of carbonyl (C=O) groups is 1. The van der Waals surface area contributed by atoms with Gasteiger partial charge in [-0.2, -0.15) is 18.2 Å². The number of carboxylic acids is 1. The second kappa shape index (κ2) is 4.87. The van der Waals surface area contributed by atoms with Gasteiger partial charge in [-0.15, -0.1) is 0 Å². The lowest BCUT2D eigenvalue weighted by molar-refractivity contribution is -0.138. The molecule has 8 heteroatoms. The average Bonchev–Trinajstić information content (AvgIpc) is 2.71.